The van der Waals surface area contributed by atoms with Crippen LogP contribution in [0.25, 0.3) is 0 Å². The molecule has 19 heavy (non-hydrogen) atoms. The van der Waals surface area contributed by atoms with Gasteiger partial charge in [-0.05, 0) is 64.8 Å². The molecule has 0 aromatic heterocycles. The van der Waals surface area contributed by atoms with Gasteiger partial charge in [-0.2, -0.15) is 0 Å². The molecule has 0 aliphatic carbocycles. The highest BCUT2D eigenvalue weighted by atomic mass is 79.9. The van der Waals surface area contributed by atoms with Crippen LogP contribution in [-0.4, -0.2) is 5.91 Å². The van der Waals surface area contributed by atoms with Gasteiger partial charge in [0.1, 0.15) is 5.82 Å². The molecule has 2 aromatic carbocycles. The van der Waals surface area contributed by atoms with E-state index in [1.807, 2.05) is 19.1 Å². The molecule has 2 nitrogen and oxygen atoms in total. The van der Waals surface area contributed by atoms with Crippen molar-refractivity contribution in [2.24, 2.45) is 0 Å². The molecule has 0 saturated carbocycles. The van der Waals surface area contributed by atoms with Crippen LogP contribution in [0.15, 0.2) is 45.3 Å². The van der Waals surface area contributed by atoms with Crippen LogP contribution in [0, 0.1) is 12.7 Å². The van der Waals surface area contributed by atoms with E-state index in [2.05, 4.69) is 37.2 Å². The summed E-state index contributed by atoms with van der Waals surface area (Å²) < 4.78 is 14.7. The van der Waals surface area contributed by atoms with Crippen molar-refractivity contribution < 1.29 is 9.18 Å². The minimum absolute atomic E-state index is 0.281. The van der Waals surface area contributed by atoms with Gasteiger partial charge in [0.05, 0.1) is 4.47 Å². The van der Waals surface area contributed by atoms with Gasteiger partial charge in [-0.3, -0.25) is 4.79 Å². The van der Waals surface area contributed by atoms with Crippen molar-refractivity contribution in [1.82, 2.24) is 0 Å². The predicted molar refractivity (Wildman–Crippen MR) is 80.9 cm³/mol. The van der Waals surface area contributed by atoms with Gasteiger partial charge in [-0.25, -0.2) is 4.39 Å². The van der Waals surface area contributed by atoms with E-state index in [1.165, 1.54) is 12.1 Å². The summed E-state index contributed by atoms with van der Waals surface area (Å²) in [6.45, 7) is 1.89. The number of hydrogen-bond acceptors (Lipinski definition) is 1. The molecule has 0 fully saturated rings. The van der Waals surface area contributed by atoms with Crippen LogP contribution >= 0.6 is 31.9 Å². The lowest BCUT2D eigenvalue weighted by molar-refractivity contribution is 0.102. The number of carbonyl (C=O) groups excluding carboxylic acids is 1. The molecule has 0 heterocycles. The molecule has 0 aliphatic heterocycles. The maximum atomic E-state index is 13.4. The number of carbonyl (C=O) groups is 1. The second-order valence-corrected chi connectivity index (χ2v) is 5.81. The largest absolute Gasteiger partial charge is 0.322 e. The van der Waals surface area contributed by atoms with Gasteiger partial charge in [-0.1, -0.05) is 15.9 Å². The Morgan fingerprint density at radius 2 is 1.89 bits per heavy atom. The molecule has 0 spiro atoms. The molecule has 2 rings (SSSR count). The zero-order chi connectivity index (χ0) is 14.0. The molecule has 0 aliphatic rings. The second kappa shape index (κ2) is 5.84. The van der Waals surface area contributed by atoms with Gasteiger partial charge >= 0.3 is 0 Å². The lowest BCUT2D eigenvalue weighted by atomic mass is 10.1. The Morgan fingerprint density at radius 3 is 2.53 bits per heavy atom. The summed E-state index contributed by atoms with van der Waals surface area (Å²) in [5, 5.41) is 2.76. The Labute approximate surface area is 127 Å². The molecule has 2 aromatic rings. The Kier molecular flexibility index (Phi) is 4.37. The smallest absolute Gasteiger partial charge is 0.255 e. The van der Waals surface area contributed by atoms with Gasteiger partial charge < -0.3 is 5.32 Å². The number of hydrogen-bond donors (Lipinski definition) is 1. The number of anilines is 1. The van der Waals surface area contributed by atoms with Crippen LogP contribution in [0.1, 0.15) is 15.9 Å². The zero-order valence-corrected chi connectivity index (χ0v) is 13.2. The van der Waals surface area contributed by atoms with Gasteiger partial charge in [0, 0.05) is 15.7 Å². The van der Waals surface area contributed by atoms with Crippen LogP contribution in [-0.2, 0) is 0 Å². The first-order chi connectivity index (χ1) is 8.97. The SMILES string of the molecule is Cc1cc(Br)ccc1NC(=O)c1ccc(Br)c(F)c1. The molecule has 0 unspecified atom stereocenters. The Morgan fingerprint density at radius 1 is 1.16 bits per heavy atom. The Bertz CT molecular complexity index is 643. The van der Waals surface area contributed by atoms with E-state index in [1.54, 1.807) is 12.1 Å². The third-order valence-corrected chi connectivity index (χ3v) is 3.75. The van der Waals surface area contributed by atoms with Crippen LogP contribution in [0.2, 0.25) is 0 Å². The first-order valence-electron chi connectivity index (χ1n) is 5.50. The highest BCUT2D eigenvalue weighted by Crippen LogP contribution is 2.21. The molecule has 0 saturated heterocycles. The molecule has 98 valence electrons. The van der Waals surface area contributed by atoms with Gasteiger partial charge in [0.15, 0.2) is 0 Å². The van der Waals surface area contributed by atoms with Crippen molar-refractivity contribution in [2.45, 2.75) is 6.92 Å². The average molecular weight is 387 g/mol. The standard InChI is InChI=1S/C14H10Br2FNO/c1-8-6-10(15)3-5-13(8)18-14(19)9-2-4-11(16)12(17)7-9/h2-7H,1H3,(H,18,19). The van der Waals surface area contributed by atoms with Crippen molar-refractivity contribution in [3.8, 4) is 0 Å². The maximum Gasteiger partial charge on any atom is 0.255 e. The number of halogens is 3. The Hall–Kier alpha value is -1.20. The molecular formula is C14H10Br2FNO. The van der Waals surface area contributed by atoms with E-state index in [0.717, 1.165) is 10.0 Å². The highest BCUT2D eigenvalue weighted by Gasteiger charge is 2.10. The lowest BCUT2D eigenvalue weighted by Crippen LogP contribution is -2.13. The summed E-state index contributed by atoms with van der Waals surface area (Å²) in [4.78, 5) is 12.0. The fourth-order valence-electron chi connectivity index (χ4n) is 1.60. The van der Waals surface area contributed by atoms with E-state index in [4.69, 9.17) is 0 Å². The van der Waals surface area contributed by atoms with E-state index in [9.17, 15) is 9.18 Å². The van der Waals surface area contributed by atoms with Crippen molar-refractivity contribution in [1.29, 1.82) is 0 Å². The molecule has 5 heteroatoms. The van der Waals surface area contributed by atoms with Gasteiger partial charge in [0.2, 0.25) is 0 Å². The molecule has 1 amide bonds. The number of rotatable bonds is 2. The first-order valence-corrected chi connectivity index (χ1v) is 7.08. The zero-order valence-electron chi connectivity index (χ0n) is 10.0. The van der Waals surface area contributed by atoms with Crippen LogP contribution in [0.4, 0.5) is 10.1 Å². The lowest BCUT2D eigenvalue weighted by Gasteiger charge is -2.09. The van der Waals surface area contributed by atoms with E-state index in [0.29, 0.717) is 10.2 Å². The molecule has 0 radical (unpaired) electrons. The van der Waals surface area contributed by atoms with E-state index < -0.39 is 5.82 Å². The van der Waals surface area contributed by atoms with Crippen molar-refractivity contribution in [3.05, 3.63) is 62.3 Å². The molecule has 1 N–H and O–H groups in total. The second-order valence-electron chi connectivity index (χ2n) is 4.04. The van der Waals surface area contributed by atoms with Crippen molar-refractivity contribution in [2.75, 3.05) is 5.32 Å². The van der Waals surface area contributed by atoms with Crippen LogP contribution < -0.4 is 5.32 Å². The molecule has 0 bridgehead atoms. The average Bonchev–Trinajstić information content (AvgIpc) is 2.36. The predicted octanol–water partition coefficient (Wildman–Crippen LogP) is 4.91. The normalized spacial score (nSPS) is 10.3. The summed E-state index contributed by atoms with van der Waals surface area (Å²) in [6.07, 6.45) is 0. The van der Waals surface area contributed by atoms with E-state index in [-0.39, 0.29) is 11.5 Å². The third-order valence-electron chi connectivity index (χ3n) is 2.62. The fourth-order valence-corrected chi connectivity index (χ4v) is 2.32. The highest BCUT2D eigenvalue weighted by molar-refractivity contribution is 9.10. The van der Waals surface area contributed by atoms with Gasteiger partial charge in [0.25, 0.3) is 5.91 Å². The van der Waals surface area contributed by atoms with Crippen LogP contribution in [0.5, 0.6) is 0 Å². The Balaban J connectivity index is 2.23. The number of aryl methyl sites for hydroxylation is 1. The third kappa shape index (κ3) is 3.42. The minimum Gasteiger partial charge on any atom is -0.322 e. The molecular weight excluding hydrogens is 377 g/mol. The monoisotopic (exact) mass is 385 g/mol. The summed E-state index contributed by atoms with van der Waals surface area (Å²) in [7, 11) is 0. The summed E-state index contributed by atoms with van der Waals surface area (Å²) in [6, 6.07) is 9.82. The quantitative estimate of drug-likeness (QED) is 0.780. The first kappa shape index (κ1) is 14.2. The summed E-state index contributed by atoms with van der Waals surface area (Å²) in [5.41, 5.74) is 1.92. The van der Waals surface area contributed by atoms with Crippen molar-refractivity contribution in [3.63, 3.8) is 0 Å². The number of benzene rings is 2. The minimum atomic E-state index is -0.458. The number of nitrogens with one attached hydrogen (secondary N) is 1. The maximum absolute atomic E-state index is 13.4. The van der Waals surface area contributed by atoms with Gasteiger partial charge in [-0.15, -0.1) is 0 Å². The molecule has 0 atom stereocenters. The summed E-state index contributed by atoms with van der Waals surface area (Å²) in [5.74, 6) is -0.794. The van der Waals surface area contributed by atoms with E-state index >= 15 is 0 Å². The summed E-state index contributed by atoms with van der Waals surface area (Å²) >= 11 is 6.41. The van der Waals surface area contributed by atoms with Crippen LogP contribution in [0.3, 0.4) is 0 Å². The number of amides is 1. The van der Waals surface area contributed by atoms with Crippen molar-refractivity contribution >= 4 is 43.5 Å². The topological polar surface area (TPSA) is 29.1 Å². The fraction of sp³-hybridized carbons (Fsp3) is 0.0714.